The summed E-state index contributed by atoms with van der Waals surface area (Å²) in [6.45, 7) is 9.21. The van der Waals surface area contributed by atoms with E-state index in [4.69, 9.17) is 15.2 Å². The molecule has 0 amide bonds. The number of nitrogen functional groups attached to an aromatic ring is 1. The third-order valence-electron chi connectivity index (χ3n) is 2.41. The van der Waals surface area contributed by atoms with Crippen LogP contribution in [0, 0.1) is 0 Å². The van der Waals surface area contributed by atoms with Crippen LogP contribution >= 0.6 is 0 Å². The fourth-order valence-electron chi connectivity index (χ4n) is 1.52. The van der Waals surface area contributed by atoms with Gasteiger partial charge in [0.1, 0.15) is 12.0 Å². The van der Waals surface area contributed by atoms with Crippen molar-refractivity contribution in [1.29, 1.82) is 0 Å². The van der Waals surface area contributed by atoms with Gasteiger partial charge in [-0.25, -0.2) is 4.98 Å². The number of likely N-dealkylation sites (N-methyl/N-ethyl adjacent to an activating group) is 1. The normalized spacial score (nSPS) is 11.1. The molecule has 19 heavy (non-hydrogen) atoms. The van der Waals surface area contributed by atoms with Crippen molar-refractivity contribution < 1.29 is 9.47 Å². The van der Waals surface area contributed by atoms with Crippen molar-refractivity contribution in [3.63, 3.8) is 0 Å². The van der Waals surface area contributed by atoms with Crippen LogP contribution in [0.4, 0.5) is 11.5 Å². The average molecular weight is 268 g/mol. The minimum atomic E-state index is 0.0274. The van der Waals surface area contributed by atoms with Crippen LogP contribution < -0.4 is 15.4 Å². The first kappa shape index (κ1) is 15.5. The molecule has 6 heteroatoms. The molecule has 0 saturated heterocycles. The Balaban J connectivity index is 2.71. The zero-order chi connectivity index (χ0) is 14.4. The van der Waals surface area contributed by atoms with Crippen molar-refractivity contribution >= 4 is 11.5 Å². The highest BCUT2D eigenvalue weighted by atomic mass is 16.5. The number of hydrogen-bond acceptors (Lipinski definition) is 6. The van der Waals surface area contributed by atoms with Crippen molar-refractivity contribution in [1.82, 2.24) is 9.97 Å². The van der Waals surface area contributed by atoms with Gasteiger partial charge in [-0.15, -0.1) is 0 Å². The third kappa shape index (κ3) is 4.90. The first-order valence-electron chi connectivity index (χ1n) is 6.51. The monoisotopic (exact) mass is 268 g/mol. The van der Waals surface area contributed by atoms with E-state index in [0.717, 1.165) is 0 Å². The Bertz CT molecular complexity index is 396. The summed E-state index contributed by atoms with van der Waals surface area (Å²) in [5, 5.41) is 0. The second kappa shape index (κ2) is 7.13. The lowest BCUT2D eigenvalue weighted by Crippen LogP contribution is -2.26. The zero-order valence-corrected chi connectivity index (χ0v) is 12.4. The van der Waals surface area contributed by atoms with Crippen molar-refractivity contribution in [2.75, 3.05) is 30.8 Å². The molecule has 0 saturated carbocycles. The smallest absolute Gasteiger partial charge is 0.242 e. The van der Waals surface area contributed by atoms with E-state index in [-0.39, 0.29) is 12.2 Å². The molecule has 0 atom stereocenters. The predicted molar refractivity (Wildman–Crippen MR) is 76.6 cm³/mol. The van der Waals surface area contributed by atoms with Crippen LogP contribution in [0.2, 0.25) is 0 Å². The van der Waals surface area contributed by atoms with Gasteiger partial charge < -0.3 is 20.1 Å². The van der Waals surface area contributed by atoms with Crippen LogP contribution in [0.15, 0.2) is 6.33 Å². The highest BCUT2D eigenvalue weighted by Crippen LogP contribution is 2.27. The van der Waals surface area contributed by atoms with Crippen molar-refractivity contribution in [3.8, 4) is 5.88 Å². The van der Waals surface area contributed by atoms with Crippen molar-refractivity contribution in [2.24, 2.45) is 0 Å². The first-order chi connectivity index (χ1) is 8.91. The molecule has 0 spiro atoms. The summed E-state index contributed by atoms with van der Waals surface area (Å²) in [6, 6.07) is 0. The van der Waals surface area contributed by atoms with Crippen LogP contribution in [-0.4, -0.2) is 42.4 Å². The predicted octanol–water partition coefficient (Wildman–Crippen LogP) is 1.71. The number of rotatable bonds is 7. The van der Waals surface area contributed by atoms with Gasteiger partial charge in [-0.1, -0.05) is 0 Å². The summed E-state index contributed by atoms with van der Waals surface area (Å²) in [4.78, 5) is 10.2. The molecule has 0 aromatic carbocycles. The Kier molecular flexibility index (Phi) is 5.82. The van der Waals surface area contributed by atoms with E-state index in [1.165, 1.54) is 6.33 Å². The zero-order valence-electron chi connectivity index (χ0n) is 12.4. The summed E-state index contributed by atoms with van der Waals surface area (Å²) in [7, 11) is 1.92. The molecule has 1 rings (SSSR count). The third-order valence-corrected chi connectivity index (χ3v) is 2.41. The summed E-state index contributed by atoms with van der Waals surface area (Å²) in [6.07, 6.45) is 1.71. The Morgan fingerprint density at radius 3 is 2.47 bits per heavy atom. The Morgan fingerprint density at radius 1 is 1.21 bits per heavy atom. The van der Waals surface area contributed by atoms with Crippen LogP contribution in [-0.2, 0) is 4.74 Å². The summed E-state index contributed by atoms with van der Waals surface area (Å²) < 4.78 is 11.1. The molecule has 6 nitrogen and oxygen atoms in total. The fourth-order valence-corrected chi connectivity index (χ4v) is 1.52. The number of hydrogen-bond donors (Lipinski definition) is 1. The van der Waals surface area contributed by atoms with E-state index >= 15 is 0 Å². The standard InChI is InChI=1S/C13H24N4O2/c1-9(2)18-7-6-17(5)12-11(14)13(16-8-15-12)19-10(3)4/h8-10H,6-7,14H2,1-5H3. The molecule has 0 aliphatic rings. The number of nitrogens with two attached hydrogens (primary N) is 1. The number of aromatic nitrogens is 2. The maximum Gasteiger partial charge on any atom is 0.242 e. The highest BCUT2D eigenvalue weighted by molar-refractivity contribution is 5.67. The van der Waals surface area contributed by atoms with Gasteiger partial charge in [0.05, 0.1) is 18.8 Å². The van der Waals surface area contributed by atoms with Gasteiger partial charge in [0.15, 0.2) is 5.82 Å². The maximum absolute atomic E-state index is 6.03. The maximum atomic E-state index is 6.03. The van der Waals surface area contributed by atoms with Gasteiger partial charge in [0.25, 0.3) is 0 Å². The van der Waals surface area contributed by atoms with Crippen LogP contribution in [0.5, 0.6) is 5.88 Å². The van der Waals surface area contributed by atoms with Gasteiger partial charge >= 0.3 is 0 Å². The second-order valence-electron chi connectivity index (χ2n) is 4.92. The lowest BCUT2D eigenvalue weighted by atomic mass is 10.4. The molecule has 1 aromatic rings. The van der Waals surface area contributed by atoms with Gasteiger partial charge in [0.2, 0.25) is 5.88 Å². The van der Waals surface area contributed by atoms with Crippen LogP contribution in [0.25, 0.3) is 0 Å². The molecule has 1 heterocycles. The van der Waals surface area contributed by atoms with E-state index in [1.54, 1.807) is 0 Å². The lowest BCUT2D eigenvalue weighted by Gasteiger charge is -2.21. The molecule has 108 valence electrons. The summed E-state index contributed by atoms with van der Waals surface area (Å²) in [5.74, 6) is 1.09. The van der Waals surface area contributed by atoms with Crippen LogP contribution in [0.1, 0.15) is 27.7 Å². The topological polar surface area (TPSA) is 73.5 Å². The number of ether oxygens (including phenoxy) is 2. The number of nitrogens with zero attached hydrogens (tertiary/aromatic N) is 3. The molecule has 2 N–H and O–H groups in total. The van der Waals surface area contributed by atoms with E-state index < -0.39 is 0 Å². The first-order valence-corrected chi connectivity index (χ1v) is 6.51. The minimum Gasteiger partial charge on any atom is -0.473 e. The van der Waals surface area contributed by atoms with E-state index in [9.17, 15) is 0 Å². The summed E-state index contributed by atoms with van der Waals surface area (Å²) >= 11 is 0. The molecule has 0 unspecified atom stereocenters. The highest BCUT2D eigenvalue weighted by Gasteiger charge is 2.14. The van der Waals surface area contributed by atoms with Crippen molar-refractivity contribution in [3.05, 3.63) is 6.33 Å². The lowest BCUT2D eigenvalue weighted by molar-refractivity contribution is 0.0845. The average Bonchev–Trinajstić information content (AvgIpc) is 2.30. The van der Waals surface area contributed by atoms with E-state index in [0.29, 0.717) is 30.5 Å². The molecule has 0 aliphatic heterocycles. The van der Waals surface area contributed by atoms with Gasteiger partial charge in [-0.2, -0.15) is 4.98 Å². The van der Waals surface area contributed by atoms with Gasteiger partial charge in [-0.3, -0.25) is 0 Å². The second-order valence-corrected chi connectivity index (χ2v) is 4.92. The van der Waals surface area contributed by atoms with Crippen LogP contribution in [0.3, 0.4) is 0 Å². The van der Waals surface area contributed by atoms with Gasteiger partial charge in [-0.05, 0) is 27.7 Å². The molecule has 0 fully saturated rings. The Morgan fingerprint density at radius 2 is 1.89 bits per heavy atom. The minimum absolute atomic E-state index is 0.0274. The molecule has 0 bridgehead atoms. The molecular formula is C13H24N4O2. The quantitative estimate of drug-likeness (QED) is 0.811. The molecular weight excluding hydrogens is 244 g/mol. The Labute approximate surface area is 114 Å². The Hall–Kier alpha value is -1.56. The molecule has 1 aromatic heterocycles. The SMILES string of the molecule is CC(C)OCCN(C)c1ncnc(OC(C)C)c1N. The van der Waals surface area contributed by atoms with Gasteiger partial charge in [0, 0.05) is 13.6 Å². The fraction of sp³-hybridized carbons (Fsp3) is 0.692. The summed E-state index contributed by atoms with van der Waals surface area (Å²) in [5.41, 5.74) is 6.49. The van der Waals surface area contributed by atoms with E-state index in [1.807, 2.05) is 39.6 Å². The number of anilines is 2. The molecule has 0 aliphatic carbocycles. The van der Waals surface area contributed by atoms with Crippen molar-refractivity contribution in [2.45, 2.75) is 39.9 Å². The largest absolute Gasteiger partial charge is 0.473 e. The van der Waals surface area contributed by atoms with E-state index in [2.05, 4.69) is 9.97 Å². The molecule has 0 radical (unpaired) electrons.